The van der Waals surface area contributed by atoms with Crippen LogP contribution in [0.4, 0.5) is 0 Å². The van der Waals surface area contributed by atoms with Gasteiger partial charge in [0.2, 0.25) is 5.91 Å². The van der Waals surface area contributed by atoms with Crippen LogP contribution in [0.25, 0.3) is 0 Å². The van der Waals surface area contributed by atoms with E-state index >= 15 is 0 Å². The fourth-order valence-electron chi connectivity index (χ4n) is 3.50. The van der Waals surface area contributed by atoms with Gasteiger partial charge in [0.15, 0.2) is 5.78 Å². The van der Waals surface area contributed by atoms with Crippen LogP contribution in [0.15, 0.2) is 66.7 Å². The third-order valence-corrected chi connectivity index (χ3v) is 5.12. The van der Waals surface area contributed by atoms with Gasteiger partial charge >= 0.3 is 5.97 Å². The van der Waals surface area contributed by atoms with Crippen LogP contribution in [0.5, 0.6) is 0 Å². The minimum atomic E-state index is -0.364. The Balaban J connectivity index is 1.56. The smallest absolute Gasteiger partial charge is 0.337 e. The zero-order valence-electron chi connectivity index (χ0n) is 16.5. The van der Waals surface area contributed by atoms with Crippen molar-refractivity contribution in [1.29, 1.82) is 0 Å². The van der Waals surface area contributed by atoms with E-state index in [-0.39, 0.29) is 23.7 Å². The van der Waals surface area contributed by atoms with Gasteiger partial charge in [0.05, 0.1) is 18.7 Å². The highest BCUT2D eigenvalue weighted by atomic mass is 16.5. The molecule has 5 heteroatoms. The molecule has 0 bridgehead atoms. The first-order chi connectivity index (χ1) is 14.1. The first-order valence-corrected chi connectivity index (χ1v) is 9.78. The molecule has 150 valence electrons. The second-order valence-electron chi connectivity index (χ2n) is 7.12. The Bertz CT molecular complexity index is 887. The van der Waals surface area contributed by atoms with E-state index in [0.29, 0.717) is 31.4 Å². The number of carbonyl (C=O) groups is 3. The molecule has 1 heterocycles. The second kappa shape index (κ2) is 9.82. The number of amides is 1. The van der Waals surface area contributed by atoms with Crippen molar-refractivity contribution in [3.05, 3.63) is 83.4 Å². The average molecular weight is 391 g/mol. The molecule has 1 saturated heterocycles. The van der Waals surface area contributed by atoms with Crippen molar-refractivity contribution in [2.45, 2.75) is 31.7 Å². The molecule has 1 aliphatic heterocycles. The Morgan fingerprint density at radius 1 is 1.07 bits per heavy atom. The van der Waals surface area contributed by atoms with Gasteiger partial charge in [-0.3, -0.25) is 9.59 Å². The summed E-state index contributed by atoms with van der Waals surface area (Å²) < 4.78 is 4.70. The topological polar surface area (TPSA) is 63.7 Å². The number of nitrogens with zero attached hydrogens (tertiary/aromatic N) is 1. The summed E-state index contributed by atoms with van der Waals surface area (Å²) in [6.07, 6.45) is 5.75. The minimum absolute atomic E-state index is 0.0360. The number of ketones is 1. The number of benzene rings is 2. The van der Waals surface area contributed by atoms with Crippen LogP contribution in [0, 0.1) is 0 Å². The van der Waals surface area contributed by atoms with E-state index in [4.69, 9.17) is 4.74 Å². The van der Waals surface area contributed by atoms with Gasteiger partial charge in [0, 0.05) is 19.4 Å². The summed E-state index contributed by atoms with van der Waals surface area (Å²) in [4.78, 5) is 37.8. The first kappa shape index (κ1) is 20.5. The Labute approximate surface area is 171 Å². The van der Waals surface area contributed by atoms with E-state index in [9.17, 15) is 14.4 Å². The summed E-state index contributed by atoms with van der Waals surface area (Å²) in [5.41, 5.74) is 2.53. The monoisotopic (exact) mass is 391 g/mol. The Morgan fingerprint density at radius 2 is 1.79 bits per heavy atom. The van der Waals surface area contributed by atoms with E-state index in [2.05, 4.69) is 0 Å². The van der Waals surface area contributed by atoms with Crippen LogP contribution in [0.1, 0.15) is 34.3 Å². The predicted molar refractivity (Wildman–Crippen MR) is 111 cm³/mol. The van der Waals surface area contributed by atoms with Crippen molar-refractivity contribution in [2.75, 3.05) is 13.7 Å². The molecule has 0 saturated carbocycles. The number of rotatable bonds is 8. The predicted octanol–water partition coefficient (Wildman–Crippen LogP) is 3.37. The number of methoxy groups -OCH3 is 1. The molecule has 1 amide bonds. The maximum atomic E-state index is 12.3. The summed E-state index contributed by atoms with van der Waals surface area (Å²) in [5.74, 6) is -0.216. The molecule has 5 nitrogen and oxygen atoms in total. The van der Waals surface area contributed by atoms with Gasteiger partial charge in [0.25, 0.3) is 0 Å². The lowest BCUT2D eigenvalue weighted by Gasteiger charge is -2.22. The van der Waals surface area contributed by atoms with E-state index in [1.165, 1.54) is 7.11 Å². The molecule has 0 N–H and O–H groups in total. The van der Waals surface area contributed by atoms with Gasteiger partial charge < -0.3 is 9.64 Å². The maximum Gasteiger partial charge on any atom is 0.337 e. The van der Waals surface area contributed by atoms with E-state index in [1.54, 1.807) is 18.2 Å². The molecule has 0 aliphatic carbocycles. The summed E-state index contributed by atoms with van der Waals surface area (Å²) in [6.45, 7) is 0.582. The molecule has 29 heavy (non-hydrogen) atoms. The molecule has 1 aliphatic rings. The van der Waals surface area contributed by atoms with E-state index in [0.717, 1.165) is 17.5 Å². The zero-order chi connectivity index (χ0) is 20.6. The Morgan fingerprint density at radius 3 is 2.48 bits per heavy atom. The number of hydrogen-bond acceptors (Lipinski definition) is 4. The Hall–Kier alpha value is -3.21. The third kappa shape index (κ3) is 5.64. The summed E-state index contributed by atoms with van der Waals surface area (Å²) in [6, 6.07) is 16.8. The van der Waals surface area contributed by atoms with Crippen LogP contribution in [-0.2, 0) is 27.2 Å². The van der Waals surface area contributed by atoms with Crippen molar-refractivity contribution in [3.63, 3.8) is 0 Å². The van der Waals surface area contributed by atoms with Crippen molar-refractivity contribution in [1.82, 2.24) is 4.90 Å². The van der Waals surface area contributed by atoms with Gasteiger partial charge in [-0.1, -0.05) is 48.5 Å². The quantitative estimate of drug-likeness (QED) is 0.511. The molecule has 3 rings (SSSR count). The van der Waals surface area contributed by atoms with Crippen molar-refractivity contribution in [2.24, 2.45) is 0 Å². The largest absolute Gasteiger partial charge is 0.465 e. The summed E-state index contributed by atoms with van der Waals surface area (Å²) in [7, 11) is 1.35. The highest BCUT2D eigenvalue weighted by molar-refractivity contribution is 5.91. The fourth-order valence-corrected chi connectivity index (χ4v) is 3.50. The second-order valence-corrected chi connectivity index (χ2v) is 7.12. The number of ether oxygens (including phenoxy) is 1. The van der Waals surface area contributed by atoms with Crippen molar-refractivity contribution in [3.8, 4) is 0 Å². The molecule has 1 atom stereocenters. The number of likely N-dealkylation sites (tertiary alicyclic amines) is 1. The number of hydrogen-bond donors (Lipinski definition) is 0. The number of carbonyl (C=O) groups excluding carboxylic acids is 3. The van der Waals surface area contributed by atoms with Gasteiger partial charge in [-0.15, -0.1) is 0 Å². The van der Waals surface area contributed by atoms with Gasteiger partial charge in [-0.05, 0) is 42.2 Å². The van der Waals surface area contributed by atoms with Gasteiger partial charge in [-0.25, -0.2) is 4.79 Å². The van der Waals surface area contributed by atoms with Gasteiger partial charge in [0.1, 0.15) is 0 Å². The molecule has 2 aromatic carbocycles. The molecule has 0 spiro atoms. The SMILES string of the molecule is COC(=O)c1ccc(CCN2C(=O)CC[C@@H]2C=CC(=O)Cc2ccccc2)cc1. The highest BCUT2D eigenvalue weighted by Gasteiger charge is 2.28. The van der Waals surface area contributed by atoms with Crippen LogP contribution >= 0.6 is 0 Å². The molecule has 0 radical (unpaired) electrons. The van der Waals surface area contributed by atoms with Crippen LogP contribution in [-0.4, -0.2) is 42.3 Å². The lowest BCUT2D eigenvalue weighted by Crippen LogP contribution is -2.33. The lowest BCUT2D eigenvalue weighted by atomic mass is 10.1. The van der Waals surface area contributed by atoms with Crippen LogP contribution in [0.2, 0.25) is 0 Å². The molecular weight excluding hydrogens is 366 g/mol. The lowest BCUT2D eigenvalue weighted by molar-refractivity contribution is -0.128. The number of allylic oxidation sites excluding steroid dienone is 1. The van der Waals surface area contributed by atoms with Gasteiger partial charge in [-0.2, -0.15) is 0 Å². The van der Waals surface area contributed by atoms with E-state index < -0.39 is 0 Å². The standard InChI is InChI=1S/C24H25NO4/c1-29-24(28)20-9-7-18(8-10-20)15-16-25-21(12-14-23(25)27)11-13-22(26)17-19-5-3-2-4-6-19/h2-11,13,21H,12,14-17H2,1H3/t21-/m0/s1. The average Bonchev–Trinajstić information content (AvgIpc) is 3.10. The molecule has 0 unspecified atom stereocenters. The summed E-state index contributed by atoms with van der Waals surface area (Å²) >= 11 is 0. The minimum Gasteiger partial charge on any atom is -0.465 e. The normalized spacial score (nSPS) is 16.4. The highest BCUT2D eigenvalue weighted by Crippen LogP contribution is 2.21. The molecular formula is C24H25NO4. The maximum absolute atomic E-state index is 12.3. The molecule has 0 aromatic heterocycles. The van der Waals surface area contributed by atoms with Crippen molar-refractivity contribution < 1.29 is 19.1 Å². The van der Waals surface area contributed by atoms with E-state index in [1.807, 2.05) is 53.4 Å². The fraction of sp³-hybridized carbons (Fsp3) is 0.292. The molecule has 1 fully saturated rings. The third-order valence-electron chi connectivity index (χ3n) is 5.12. The van der Waals surface area contributed by atoms with Crippen molar-refractivity contribution >= 4 is 17.7 Å². The zero-order valence-corrected chi connectivity index (χ0v) is 16.5. The van der Waals surface area contributed by atoms with Crippen LogP contribution in [0.3, 0.4) is 0 Å². The number of esters is 1. The summed E-state index contributed by atoms with van der Waals surface area (Å²) in [5, 5.41) is 0. The first-order valence-electron chi connectivity index (χ1n) is 9.78. The molecule has 2 aromatic rings. The van der Waals surface area contributed by atoms with Crippen LogP contribution < -0.4 is 0 Å². The Kier molecular flexibility index (Phi) is 6.95.